The van der Waals surface area contributed by atoms with Gasteiger partial charge in [0.25, 0.3) is 0 Å². The Balaban J connectivity index is 1.10. The summed E-state index contributed by atoms with van der Waals surface area (Å²) in [4.78, 5) is 4.11. The summed E-state index contributed by atoms with van der Waals surface area (Å²) in [5.41, 5.74) is 6.87. The molecule has 350 valence electrons. The number of phosphoric ester groups is 1. The van der Waals surface area contributed by atoms with E-state index < -0.39 is 49.4 Å². The molecule has 2 N–H and O–H groups in total. The van der Waals surface area contributed by atoms with E-state index in [4.69, 9.17) is 49.9 Å². The second kappa shape index (κ2) is 23.7. The molecular formula is C48H66ClFN5O8P. The molecule has 2 aliphatic rings. The minimum atomic E-state index is -4.49. The van der Waals surface area contributed by atoms with Gasteiger partial charge in [-0.15, -0.1) is 0 Å². The minimum absolute atomic E-state index is 0.00418. The van der Waals surface area contributed by atoms with Crippen LogP contribution in [0.25, 0.3) is 5.52 Å². The summed E-state index contributed by atoms with van der Waals surface area (Å²) in [6.07, 6.45) is 17.9. The summed E-state index contributed by atoms with van der Waals surface area (Å²) < 4.78 is 75.1. The van der Waals surface area contributed by atoms with Crippen molar-refractivity contribution in [2.75, 3.05) is 18.9 Å². The fourth-order valence-electron chi connectivity index (χ4n) is 8.52. The molecule has 2 aromatic heterocycles. The number of benzene rings is 2. The molecule has 2 fully saturated rings. The van der Waals surface area contributed by atoms with E-state index in [0.29, 0.717) is 29.0 Å². The molecular weight excluding hydrogens is 860 g/mol. The molecule has 64 heavy (non-hydrogen) atoms. The number of nitrogen functional groups attached to an aromatic ring is 1. The number of nitrogens with zero attached hydrogens (tertiary/aromatic N) is 4. The lowest BCUT2D eigenvalue weighted by atomic mass is 9.97. The normalized spacial score (nSPS) is 21.7. The van der Waals surface area contributed by atoms with Crippen molar-refractivity contribution in [1.29, 1.82) is 5.26 Å². The van der Waals surface area contributed by atoms with Gasteiger partial charge in [0.1, 0.15) is 47.3 Å². The van der Waals surface area contributed by atoms with Gasteiger partial charge in [-0.05, 0) is 75.2 Å². The molecule has 2 aliphatic heterocycles. The second-order valence-corrected chi connectivity index (χ2v) is 19.7. The molecule has 0 aliphatic carbocycles. The van der Waals surface area contributed by atoms with E-state index in [0.717, 1.165) is 25.7 Å². The quantitative estimate of drug-likeness (QED) is 0.0424. The van der Waals surface area contributed by atoms with Gasteiger partial charge in [0.2, 0.25) is 0 Å². The highest BCUT2D eigenvalue weighted by molar-refractivity contribution is 7.49. The van der Waals surface area contributed by atoms with Crippen LogP contribution < -0.4 is 10.3 Å². The van der Waals surface area contributed by atoms with Crippen LogP contribution in [-0.4, -0.2) is 57.5 Å². The number of fused-ring (bicyclic) bond motifs is 2. The van der Waals surface area contributed by atoms with Crippen LogP contribution in [0.3, 0.4) is 0 Å². The van der Waals surface area contributed by atoms with Crippen molar-refractivity contribution < 1.29 is 41.5 Å². The number of unbranched alkanes of at least 4 members (excludes halogenated alkanes) is 14. The van der Waals surface area contributed by atoms with E-state index in [1.807, 2.05) is 32.0 Å². The average Bonchev–Trinajstić information content (AvgIpc) is 3.93. The van der Waals surface area contributed by atoms with Gasteiger partial charge in [-0.25, -0.2) is 18.5 Å². The first-order chi connectivity index (χ1) is 30.8. The molecule has 4 aromatic rings. The van der Waals surface area contributed by atoms with E-state index in [-0.39, 0.29) is 36.2 Å². The number of hydrogen-bond donors (Lipinski definition) is 1. The van der Waals surface area contributed by atoms with E-state index in [2.05, 4.69) is 17.0 Å². The molecule has 0 amide bonds. The number of para-hydroxylation sites is 1. The van der Waals surface area contributed by atoms with Crippen molar-refractivity contribution in [3.63, 3.8) is 0 Å². The van der Waals surface area contributed by atoms with Crippen LogP contribution in [0.2, 0.25) is 5.02 Å². The number of nitrogens with two attached hydrogens (primary N) is 1. The lowest BCUT2D eigenvalue weighted by Crippen LogP contribution is -2.44. The standard InChI is InChI=1S/C48H66ClFN5O8P/c1-5-6-7-8-9-10-11-12-13-14-15-16-17-18-19-22-38(57-31-36-27-35(30-51)28-37(50)29-36)32-58-64(56,63-42-24-21-20-23-39(42)49)59-33-48(4)45-44(60-47(2,3)62-45)43(61-48)40-25-26-41-46(52)53-34-54-55(40)41/h20-21,23-29,34,38,43-45H,5-19,22,31-33H2,1-4H3,(H2,52,53,54)/t38?,43-,44-,45-,48+,64?/m0/s1. The van der Waals surface area contributed by atoms with Gasteiger partial charge >= 0.3 is 7.82 Å². The van der Waals surface area contributed by atoms with Crippen LogP contribution in [0.5, 0.6) is 5.75 Å². The van der Waals surface area contributed by atoms with Crippen LogP contribution in [0, 0.1) is 17.1 Å². The van der Waals surface area contributed by atoms with Crippen LogP contribution in [0.15, 0.2) is 60.9 Å². The maximum Gasteiger partial charge on any atom is 0.530 e. The molecule has 6 atom stereocenters. The van der Waals surface area contributed by atoms with Crippen molar-refractivity contribution in [2.45, 2.75) is 173 Å². The number of rotatable bonds is 28. The van der Waals surface area contributed by atoms with Gasteiger partial charge < -0.3 is 29.2 Å². The Morgan fingerprint density at radius 3 is 2.25 bits per heavy atom. The number of nitriles is 1. The first-order valence-corrected chi connectivity index (χ1v) is 24.9. The van der Waals surface area contributed by atoms with E-state index in [1.165, 1.54) is 89.1 Å². The Labute approximate surface area is 383 Å². The molecule has 4 heterocycles. The summed E-state index contributed by atoms with van der Waals surface area (Å²) in [6, 6.07) is 16.3. The number of anilines is 1. The van der Waals surface area contributed by atoms with Crippen molar-refractivity contribution in [3.8, 4) is 11.8 Å². The van der Waals surface area contributed by atoms with Gasteiger partial charge in [0, 0.05) is 0 Å². The van der Waals surface area contributed by atoms with Gasteiger partial charge in [0.05, 0.1) is 48.3 Å². The first-order valence-electron chi connectivity index (χ1n) is 23.1. The Hall–Kier alpha value is -3.64. The molecule has 2 unspecified atom stereocenters. The maximum absolute atomic E-state index is 14.9. The predicted molar refractivity (Wildman–Crippen MR) is 244 cm³/mol. The second-order valence-electron chi connectivity index (χ2n) is 17.7. The number of halogens is 2. The van der Waals surface area contributed by atoms with E-state index in [1.54, 1.807) is 41.8 Å². The summed E-state index contributed by atoms with van der Waals surface area (Å²) >= 11 is 6.50. The van der Waals surface area contributed by atoms with Gasteiger partial charge in [0.15, 0.2) is 11.6 Å². The minimum Gasteiger partial charge on any atom is -0.402 e. The summed E-state index contributed by atoms with van der Waals surface area (Å²) in [6.45, 7) is 7.21. The molecule has 0 radical (unpaired) electrons. The first kappa shape index (κ1) is 49.8. The molecule has 16 heteroatoms. The van der Waals surface area contributed by atoms with E-state index in [9.17, 15) is 14.2 Å². The SMILES string of the molecule is CCCCCCCCCCCCCCCCCC(COP(=O)(OC[C@@]1(C)O[C@@H](c2ccc3c(N)ncnn23)[C@@H]2OC(C)(C)O[C@@H]21)Oc1ccccc1Cl)OCc1cc(F)cc(C#N)c1. The fraction of sp³-hybridized carbons (Fsp3) is 0.604. The Kier molecular flexibility index (Phi) is 18.4. The Morgan fingerprint density at radius 2 is 1.58 bits per heavy atom. The lowest BCUT2D eigenvalue weighted by Gasteiger charge is -2.32. The molecule has 2 aromatic carbocycles. The van der Waals surface area contributed by atoms with Crippen molar-refractivity contribution in [3.05, 3.63) is 88.6 Å². The lowest BCUT2D eigenvalue weighted by molar-refractivity contribution is -0.212. The van der Waals surface area contributed by atoms with Crippen LogP contribution in [0.4, 0.5) is 10.2 Å². The predicted octanol–water partition coefficient (Wildman–Crippen LogP) is 12.4. The average molecular weight is 927 g/mol. The number of phosphoric acid groups is 1. The van der Waals surface area contributed by atoms with Crippen molar-refractivity contribution in [2.24, 2.45) is 0 Å². The molecule has 6 rings (SSSR count). The Morgan fingerprint density at radius 1 is 0.906 bits per heavy atom. The van der Waals surface area contributed by atoms with E-state index >= 15 is 0 Å². The molecule has 2 saturated heterocycles. The smallest absolute Gasteiger partial charge is 0.402 e. The highest BCUT2D eigenvalue weighted by Gasteiger charge is 2.62. The highest BCUT2D eigenvalue weighted by Crippen LogP contribution is 2.55. The maximum atomic E-state index is 14.9. The van der Waals surface area contributed by atoms with Gasteiger partial charge in [-0.2, -0.15) is 10.4 Å². The van der Waals surface area contributed by atoms with Gasteiger partial charge in [-0.1, -0.05) is 127 Å². The molecule has 0 bridgehead atoms. The summed E-state index contributed by atoms with van der Waals surface area (Å²) in [5, 5.41) is 14.1. The number of aromatic nitrogens is 3. The number of ether oxygens (including phenoxy) is 4. The Bertz CT molecular complexity index is 2190. The van der Waals surface area contributed by atoms with Crippen molar-refractivity contribution in [1.82, 2.24) is 14.6 Å². The zero-order valence-electron chi connectivity index (χ0n) is 37.9. The highest BCUT2D eigenvalue weighted by atomic mass is 35.5. The third-order valence-electron chi connectivity index (χ3n) is 11.9. The molecule has 0 spiro atoms. The molecule has 13 nitrogen and oxygen atoms in total. The summed E-state index contributed by atoms with van der Waals surface area (Å²) in [5.74, 6) is -1.09. The van der Waals surface area contributed by atoms with Crippen LogP contribution >= 0.6 is 19.4 Å². The largest absolute Gasteiger partial charge is 0.530 e. The number of hydrogen-bond acceptors (Lipinski definition) is 12. The zero-order chi connectivity index (χ0) is 45.6. The monoisotopic (exact) mass is 925 g/mol. The zero-order valence-corrected chi connectivity index (χ0v) is 39.5. The third-order valence-corrected chi connectivity index (χ3v) is 13.5. The topological polar surface area (TPSA) is 162 Å². The fourth-order valence-corrected chi connectivity index (χ4v) is 10.1. The van der Waals surface area contributed by atoms with Crippen LogP contribution in [0.1, 0.15) is 153 Å². The van der Waals surface area contributed by atoms with Crippen molar-refractivity contribution >= 4 is 30.8 Å². The summed E-state index contributed by atoms with van der Waals surface area (Å²) in [7, 11) is -4.49. The van der Waals surface area contributed by atoms with Gasteiger partial charge in [-0.3, -0.25) is 9.05 Å². The molecule has 0 saturated carbocycles. The van der Waals surface area contributed by atoms with Crippen LogP contribution in [-0.2, 0) is 39.2 Å². The third kappa shape index (κ3) is 13.9.